The van der Waals surface area contributed by atoms with Crippen molar-refractivity contribution >= 4 is 34.9 Å². The number of thioether (sulfide) groups is 1. The summed E-state index contributed by atoms with van der Waals surface area (Å²) in [5.41, 5.74) is 0. The van der Waals surface area contributed by atoms with Gasteiger partial charge < -0.3 is 9.80 Å². The van der Waals surface area contributed by atoms with Crippen LogP contribution in [0.5, 0.6) is 0 Å². The molecule has 0 aliphatic carbocycles. The molecule has 2 amide bonds. The van der Waals surface area contributed by atoms with E-state index in [9.17, 15) is 9.59 Å². The zero-order chi connectivity index (χ0) is 16.1. The Morgan fingerprint density at radius 2 is 1.78 bits per heavy atom. The van der Waals surface area contributed by atoms with Crippen molar-refractivity contribution < 1.29 is 9.59 Å². The van der Waals surface area contributed by atoms with Gasteiger partial charge in [-0.15, -0.1) is 11.3 Å². The van der Waals surface area contributed by atoms with Crippen LogP contribution in [0.3, 0.4) is 0 Å². The maximum Gasteiger partial charge on any atom is 0.264 e. The third-order valence-corrected chi connectivity index (χ3v) is 5.24. The average molecular weight is 348 g/mol. The molecule has 6 nitrogen and oxygen atoms in total. The molecule has 0 unspecified atom stereocenters. The number of carbonyl (C=O) groups excluding carboxylic acids is 2. The van der Waals surface area contributed by atoms with Crippen LogP contribution in [0.1, 0.15) is 9.67 Å². The molecule has 120 valence electrons. The summed E-state index contributed by atoms with van der Waals surface area (Å²) in [6, 6.07) is 5.46. The average Bonchev–Trinajstić information content (AvgIpc) is 3.15. The van der Waals surface area contributed by atoms with Crippen LogP contribution in [0, 0.1) is 0 Å². The van der Waals surface area contributed by atoms with Gasteiger partial charge in [-0.3, -0.25) is 9.59 Å². The summed E-state index contributed by atoms with van der Waals surface area (Å²) in [7, 11) is 0. The van der Waals surface area contributed by atoms with E-state index < -0.39 is 0 Å². The Morgan fingerprint density at radius 3 is 2.43 bits per heavy atom. The van der Waals surface area contributed by atoms with Gasteiger partial charge in [-0.2, -0.15) is 0 Å². The first-order chi connectivity index (χ1) is 11.2. The number of rotatable bonds is 4. The Labute approximate surface area is 142 Å². The lowest BCUT2D eigenvalue weighted by molar-refractivity contribution is -0.129. The van der Waals surface area contributed by atoms with Gasteiger partial charge in [0.2, 0.25) is 5.91 Å². The van der Waals surface area contributed by atoms with Crippen LogP contribution in [0.4, 0.5) is 0 Å². The normalized spacial score (nSPS) is 14.8. The molecule has 0 atom stereocenters. The molecular weight excluding hydrogens is 332 g/mol. The van der Waals surface area contributed by atoms with E-state index in [-0.39, 0.29) is 11.8 Å². The van der Waals surface area contributed by atoms with Crippen molar-refractivity contribution in [2.75, 3.05) is 31.9 Å². The summed E-state index contributed by atoms with van der Waals surface area (Å²) < 4.78 is 0. The van der Waals surface area contributed by atoms with Crippen LogP contribution in [0.2, 0.25) is 0 Å². The van der Waals surface area contributed by atoms with Crippen molar-refractivity contribution in [3.63, 3.8) is 0 Å². The highest BCUT2D eigenvalue weighted by Crippen LogP contribution is 2.16. The topological polar surface area (TPSA) is 66.4 Å². The van der Waals surface area contributed by atoms with E-state index in [1.54, 1.807) is 23.4 Å². The quantitative estimate of drug-likeness (QED) is 0.620. The molecule has 0 aromatic carbocycles. The second kappa shape index (κ2) is 7.56. The molecule has 23 heavy (non-hydrogen) atoms. The second-order valence-electron chi connectivity index (χ2n) is 4.97. The van der Waals surface area contributed by atoms with Gasteiger partial charge in [0.05, 0.1) is 10.6 Å². The van der Waals surface area contributed by atoms with Crippen LogP contribution in [0.25, 0.3) is 0 Å². The number of piperazine rings is 1. The molecule has 1 fully saturated rings. The van der Waals surface area contributed by atoms with E-state index in [0.717, 1.165) is 4.88 Å². The first-order valence-corrected chi connectivity index (χ1v) is 9.11. The maximum absolute atomic E-state index is 12.3. The molecule has 0 bridgehead atoms. The zero-order valence-electron chi connectivity index (χ0n) is 12.4. The Bertz CT molecular complexity index is 655. The van der Waals surface area contributed by atoms with Gasteiger partial charge in [0.25, 0.3) is 5.91 Å². The van der Waals surface area contributed by atoms with Gasteiger partial charge in [0.1, 0.15) is 0 Å². The molecule has 0 spiro atoms. The summed E-state index contributed by atoms with van der Waals surface area (Å²) in [4.78, 5) is 37.0. The Balaban J connectivity index is 1.47. The fourth-order valence-corrected chi connectivity index (χ4v) is 3.69. The molecule has 3 rings (SSSR count). The third kappa shape index (κ3) is 4.08. The number of carbonyl (C=O) groups is 2. The summed E-state index contributed by atoms with van der Waals surface area (Å²) in [5, 5.41) is 2.50. The first kappa shape index (κ1) is 15.9. The van der Waals surface area contributed by atoms with Crippen molar-refractivity contribution in [2.24, 2.45) is 0 Å². The highest BCUT2D eigenvalue weighted by atomic mass is 32.2. The van der Waals surface area contributed by atoms with Gasteiger partial charge in [0, 0.05) is 38.6 Å². The van der Waals surface area contributed by atoms with E-state index >= 15 is 0 Å². The minimum Gasteiger partial charge on any atom is -0.338 e. The van der Waals surface area contributed by atoms with Gasteiger partial charge in [-0.1, -0.05) is 17.8 Å². The maximum atomic E-state index is 12.3. The van der Waals surface area contributed by atoms with E-state index in [2.05, 4.69) is 9.97 Å². The molecule has 0 radical (unpaired) electrons. The van der Waals surface area contributed by atoms with Crippen LogP contribution in [-0.4, -0.2) is 63.5 Å². The fraction of sp³-hybridized carbons (Fsp3) is 0.333. The number of thiophene rings is 1. The van der Waals surface area contributed by atoms with E-state index in [1.165, 1.54) is 23.1 Å². The molecular formula is C15H16N4O2S2. The molecule has 2 aromatic rings. The zero-order valence-corrected chi connectivity index (χ0v) is 14.1. The molecule has 8 heteroatoms. The predicted octanol–water partition coefficient (Wildman–Crippen LogP) is 1.61. The molecule has 0 N–H and O–H groups in total. The van der Waals surface area contributed by atoms with Gasteiger partial charge >= 0.3 is 0 Å². The van der Waals surface area contributed by atoms with Crippen molar-refractivity contribution in [2.45, 2.75) is 5.16 Å². The Kier molecular flexibility index (Phi) is 5.24. The summed E-state index contributed by atoms with van der Waals surface area (Å²) in [6.07, 6.45) is 3.32. The number of hydrogen-bond acceptors (Lipinski definition) is 6. The minimum atomic E-state index is 0.0548. The minimum absolute atomic E-state index is 0.0548. The Morgan fingerprint density at radius 1 is 1.09 bits per heavy atom. The van der Waals surface area contributed by atoms with Crippen molar-refractivity contribution in [1.29, 1.82) is 0 Å². The molecule has 1 saturated heterocycles. The van der Waals surface area contributed by atoms with Gasteiger partial charge in [-0.25, -0.2) is 9.97 Å². The number of amides is 2. The predicted molar refractivity (Wildman–Crippen MR) is 89.6 cm³/mol. The SMILES string of the molecule is O=C(CSc1ncccn1)N1CCN(C(=O)c2cccs2)CC1. The second-order valence-corrected chi connectivity index (χ2v) is 6.86. The lowest BCUT2D eigenvalue weighted by Gasteiger charge is -2.34. The number of aromatic nitrogens is 2. The van der Waals surface area contributed by atoms with E-state index in [4.69, 9.17) is 0 Å². The Hall–Kier alpha value is -1.93. The molecule has 0 saturated carbocycles. The number of nitrogens with zero attached hydrogens (tertiary/aromatic N) is 4. The summed E-state index contributed by atoms with van der Waals surface area (Å²) in [6.45, 7) is 2.31. The third-order valence-electron chi connectivity index (χ3n) is 3.52. The van der Waals surface area contributed by atoms with Crippen LogP contribution in [-0.2, 0) is 4.79 Å². The lowest BCUT2D eigenvalue weighted by Crippen LogP contribution is -2.51. The monoisotopic (exact) mass is 348 g/mol. The highest BCUT2D eigenvalue weighted by molar-refractivity contribution is 7.99. The summed E-state index contributed by atoms with van der Waals surface area (Å²) in [5.74, 6) is 0.438. The fourth-order valence-electron chi connectivity index (χ4n) is 2.29. The highest BCUT2D eigenvalue weighted by Gasteiger charge is 2.25. The summed E-state index contributed by atoms with van der Waals surface area (Å²) >= 11 is 2.78. The van der Waals surface area contributed by atoms with Crippen molar-refractivity contribution in [3.05, 3.63) is 40.8 Å². The first-order valence-electron chi connectivity index (χ1n) is 7.24. The van der Waals surface area contributed by atoms with Gasteiger partial charge in [-0.05, 0) is 17.5 Å². The van der Waals surface area contributed by atoms with Gasteiger partial charge in [0.15, 0.2) is 5.16 Å². The molecule has 3 heterocycles. The standard InChI is InChI=1S/C15H16N4O2S2/c20-13(11-23-15-16-4-2-5-17-15)18-6-8-19(9-7-18)14(21)12-3-1-10-22-12/h1-5,10H,6-9,11H2. The van der Waals surface area contributed by atoms with Crippen LogP contribution in [0.15, 0.2) is 41.1 Å². The van der Waals surface area contributed by atoms with Crippen LogP contribution >= 0.6 is 23.1 Å². The molecule has 2 aromatic heterocycles. The molecule has 1 aliphatic rings. The molecule has 1 aliphatic heterocycles. The lowest BCUT2D eigenvalue weighted by atomic mass is 10.3. The van der Waals surface area contributed by atoms with E-state index in [1.807, 2.05) is 22.4 Å². The van der Waals surface area contributed by atoms with Crippen molar-refractivity contribution in [1.82, 2.24) is 19.8 Å². The van der Waals surface area contributed by atoms with Crippen molar-refractivity contribution in [3.8, 4) is 0 Å². The van der Waals surface area contributed by atoms with E-state index in [0.29, 0.717) is 37.1 Å². The number of hydrogen-bond donors (Lipinski definition) is 0. The largest absolute Gasteiger partial charge is 0.338 e. The smallest absolute Gasteiger partial charge is 0.264 e. The van der Waals surface area contributed by atoms with Crippen LogP contribution < -0.4 is 0 Å².